The molecule has 0 saturated carbocycles. The molecule has 0 unspecified atom stereocenters. The van der Waals surface area contributed by atoms with Crippen LogP contribution in [0.2, 0.25) is 0 Å². The molecule has 0 atom stereocenters. The molecule has 0 heterocycles. The van der Waals surface area contributed by atoms with Gasteiger partial charge in [0.15, 0.2) is 0 Å². The third-order valence-corrected chi connectivity index (χ3v) is 1.97. The highest BCUT2D eigenvalue weighted by atomic mass is 14.0. The molecule has 0 aliphatic carbocycles. The first kappa shape index (κ1) is 12.7. The number of hydrogen-bond donors (Lipinski definition) is 0. The molecule has 0 N–H and O–H groups in total. The van der Waals surface area contributed by atoms with Crippen molar-refractivity contribution >= 4 is 0 Å². The van der Waals surface area contributed by atoms with E-state index in [1.54, 1.807) is 0 Å². The Balaban J connectivity index is 3.97. The topological polar surface area (TPSA) is 0 Å². The van der Waals surface area contributed by atoms with Gasteiger partial charge in [0.25, 0.3) is 0 Å². The van der Waals surface area contributed by atoms with E-state index >= 15 is 0 Å². The Morgan fingerprint density at radius 2 is 1.79 bits per heavy atom. The third-order valence-electron chi connectivity index (χ3n) is 1.97. The molecule has 76 valence electrons. The van der Waals surface area contributed by atoms with E-state index in [9.17, 15) is 0 Å². The first-order valence-electron chi connectivity index (χ1n) is 4.89. The zero-order valence-corrected chi connectivity index (χ0v) is 9.34. The average Bonchev–Trinajstić information content (AvgIpc) is 2.16. The summed E-state index contributed by atoms with van der Waals surface area (Å²) in [5.74, 6) is 0. The minimum absolute atomic E-state index is 0.982. The van der Waals surface area contributed by atoms with Gasteiger partial charge in [0, 0.05) is 0 Å². The van der Waals surface area contributed by atoms with Gasteiger partial charge in [-0.15, -0.1) is 0 Å². The zero-order chi connectivity index (χ0) is 11.0. The van der Waals surface area contributed by atoms with Crippen LogP contribution in [0.4, 0.5) is 0 Å². The third kappa shape index (κ3) is 6.24. The molecule has 0 heteroatoms. The molecule has 0 rings (SSSR count). The second kappa shape index (κ2) is 7.14. The highest BCUT2D eigenvalue weighted by Gasteiger charge is 1.92. The average molecular weight is 188 g/mol. The van der Waals surface area contributed by atoms with Crippen LogP contribution in [0, 0.1) is 0 Å². The van der Waals surface area contributed by atoms with Gasteiger partial charge < -0.3 is 0 Å². The predicted octanol–water partition coefficient (Wildman–Crippen LogP) is 4.59. The molecule has 0 aliphatic heterocycles. The van der Waals surface area contributed by atoms with E-state index in [2.05, 4.69) is 25.8 Å². The van der Waals surface area contributed by atoms with E-state index in [0.29, 0.717) is 0 Å². The molecule has 0 amide bonds. The summed E-state index contributed by atoms with van der Waals surface area (Å²) in [6.45, 7) is 15.5. The first-order valence-corrected chi connectivity index (χ1v) is 4.89. The quantitative estimate of drug-likeness (QED) is 0.535. The molecule has 0 radical (unpaired) electrons. The van der Waals surface area contributed by atoms with E-state index in [0.717, 1.165) is 24.0 Å². The van der Waals surface area contributed by atoms with E-state index < -0.39 is 0 Å². The minimum atomic E-state index is 0.982. The zero-order valence-electron chi connectivity index (χ0n) is 9.34. The summed E-state index contributed by atoms with van der Waals surface area (Å²) < 4.78 is 0. The fraction of sp³-hybridized carbons (Fsp3) is 0.286. The van der Waals surface area contributed by atoms with Gasteiger partial charge in [-0.3, -0.25) is 0 Å². The lowest BCUT2D eigenvalue weighted by Gasteiger charge is -2.01. The summed E-state index contributed by atoms with van der Waals surface area (Å²) in [5.41, 5.74) is 3.46. The Labute approximate surface area is 88.0 Å². The van der Waals surface area contributed by atoms with Crippen LogP contribution in [-0.4, -0.2) is 0 Å². The maximum Gasteiger partial charge on any atom is -0.0242 e. The SMILES string of the molecule is C=C/C(=C\C)CCC(=C)/C=C\C(=C)C. The van der Waals surface area contributed by atoms with Crippen LogP contribution in [0.3, 0.4) is 0 Å². The standard InChI is InChI=1S/C14H20/c1-6-14(7-2)11-10-13(5)9-8-12(3)4/h6-9H,1,3,5,10-11H2,2,4H3/b9-8-,14-7+. The van der Waals surface area contributed by atoms with Gasteiger partial charge in [-0.05, 0) is 26.7 Å². The molecule has 0 spiro atoms. The monoisotopic (exact) mass is 188 g/mol. The normalized spacial score (nSPS) is 11.7. The van der Waals surface area contributed by atoms with Crippen molar-refractivity contribution in [1.82, 2.24) is 0 Å². The van der Waals surface area contributed by atoms with Gasteiger partial charge in [0.2, 0.25) is 0 Å². The van der Waals surface area contributed by atoms with Crippen LogP contribution in [0.15, 0.2) is 60.8 Å². The van der Waals surface area contributed by atoms with Crippen LogP contribution < -0.4 is 0 Å². The van der Waals surface area contributed by atoms with Crippen LogP contribution in [-0.2, 0) is 0 Å². The van der Waals surface area contributed by atoms with Gasteiger partial charge in [0.05, 0.1) is 0 Å². The highest BCUT2D eigenvalue weighted by molar-refractivity contribution is 5.25. The van der Waals surface area contributed by atoms with E-state index in [1.165, 1.54) is 5.57 Å². The van der Waals surface area contributed by atoms with Crippen molar-refractivity contribution in [2.24, 2.45) is 0 Å². The molecular formula is C14H20. The summed E-state index contributed by atoms with van der Waals surface area (Å²) in [6, 6.07) is 0. The lowest BCUT2D eigenvalue weighted by Crippen LogP contribution is -1.81. The van der Waals surface area contributed by atoms with Gasteiger partial charge in [-0.1, -0.05) is 60.8 Å². The first-order chi connectivity index (χ1) is 6.60. The van der Waals surface area contributed by atoms with E-state index in [4.69, 9.17) is 0 Å². The van der Waals surface area contributed by atoms with Crippen molar-refractivity contribution in [3.8, 4) is 0 Å². The maximum atomic E-state index is 3.98. The second-order valence-corrected chi connectivity index (χ2v) is 3.41. The fourth-order valence-electron chi connectivity index (χ4n) is 1.01. The lowest BCUT2D eigenvalue weighted by molar-refractivity contribution is 0.972. The van der Waals surface area contributed by atoms with Crippen LogP contribution in [0.25, 0.3) is 0 Å². The molecule has 0 aromatic carbocycles. The fourth-order valence-corrected chi connectivity index (χ4v) is 1.01. The van der Waals surface area contributed by atoms with E-state index in [1.807, 2.05) is 32.1 Å². The predicted molar refractivity (Wildman–Crippen MR) is 66.3 cm³/mol. The Morgan fingerprint density at radius 1 is 1.14 bits per heavy atom. The maximum absolute atomic E-state index is 3.98. The summed E-state index contributed by atoms with van der Waals surface area (Å²) >= 11 is 0. The molecule has 0 bridgehead atoms. The smallest absolute Gasteiger partial charge is 0.0242 e. The van der Waals surface area contributed by atoms with Gasteiger partial charge in [-0.25, -0.2) is 0 Å². The number of rotatable bonds is 6. The summed E-state index contributed by atoms with van der Waals surface area (Å²) in [6.07, 6.45) is 10.00. The largest absolute Gasteiger partial charge is 0.0988 e. The highest BCUT2D eigenvalue weighted by Crippen LogP contribution is 2.12. The Bertz CT molecular complexity index is 274. The van der Waals surface area contributed by atoms with Crippen LogP contribution >= 0.6 is 0 Å². The molecule has 0 aromatic heterocycles. The van der Waals surface area contributed by atoms with Gasteiger partial charge in [0.1, 0.15) is 0 Å². The van der Waals surface area contributed by atoms with Gasteiger partial charge in [-0.2, -0.15) is 0 Å². The molecule has 0 nitrogen and oxygen atoms in total. The molecule has 0 aliphatic rings. The van der Waals surface area contributed by atoms with Crippen LogP contribution in [0.5, 0.6) is 0 Å². The molecule has 0 aromatic rings. The van der Waals surface area contributed by atoms with Gasteiger partial charge >= 0.3 is 0 Å². The van der Waals surface area contributed by atoms with Crippen molar-refractivity contribution < 1.29 is 0 Å². The lowest BCUT2D eigenvalue weighted by atomic mass is 10.1. The molecule has 0 fully saturated rings. The second-order valence-electron chi connectivity index (χ2n) is 3.41. The molecular weight excluding hydrogens is 168 g/mol. The van der Waals surface area contributed by atoms with Crippen molar-refractivity contribution in [1.29, 1.82) is 0 Å². The summed E-state index contributed by atoms with van der Waals surface area (Å²) in [7, 11) is 0. The minimum Gasteiger partial charge on any atom is -0.0988 e. The number of hydrogen-bond acceptors (Lipinski definition) is 0. The Morgan fingerprint density at radius 3 is 2.21 bits per heavy atom. The Hall–Kier alpha value is -1.30. The summed E-state index contributed by atoms with van der Waals surface area (Å²) in [5, 5.41) is 0. The summed E-state index contributed by atoms with van der Waals surface area (Å²) in [4.78, 5) is 0. The van der Waals surface area contributed by atoms with Crippen LogP contribution in [0.1, 0.15) is 26.7 Å². The number of allylic oxidation sites excluding steroid dienone is 7. The molecule has 14 heavy (non-hydrogen) atoms. The molecule has 0 saturated heterocycles. The van der Waals surface area contributed by atoms with Crippen molar-refractivity contribution in [3.63, 3.8) is 0 Å². The Kier molecular flexibility index (Phi) is 6.47. The van der Waals surface area contributed by atoms with Crippen molar-refractivity contribution in [2.45, 2.75) is 26.7 Å². The van der Waals surface area contributed by atoms with E-state index in [-0.39, 0.29) is 0 Å². The van der Waals surface area contributed by atoms with Crippen molar-refractivity contribution in [3.05, 3.63) is 60.8 Å². The van der Waals surface area contributed by atoms with Crippen molar-refractivity contribution in [2.75, 3.05) is 0 Å².